The van der Waals surface area contributed by atoms with Crippen LogP contribution in [0.5, 0.6) is 0 Å². The molecule has 23 N–H and O–H groups in total. The minimum atomic E-state index is -1.88. The van der Waals surface area contributed by atoms with Crippen molar-refractivity contribution < 1.29 is 92.3 Å². The highest BCUT2D eigenvalue weighted by molar-refractivity contribution is 6.01. The Balaban J connectivity index is 1.71. The molecular formula is C62H94N16O19. The summed E-state index contributed by atoms with van der Waals surface area (Å²) in [6.45, 7) is 6.03. The van der Waals surface area contributed by atoms with Crippen molar-refractivity contribution in [3.8, 4) is 0 Å². The van der Waals surface area contributed by atoms with Crippen molar-refractivity contribution >= 4 is 88.7 Å². The Labute approximate surface area is 559 Å². The third-order valence-electron chi connectivity index (χ3n) is 15.4. The molecule has 14 amide bonds. The molecule has 0 spiro atoms. The van der Waals surface area contributed by atoms with Crippen LogP contribution in [0.4, 0.5) is 0 Å². The number of benzene rings is 2. The number of primary amides is 2. The van der Waals surface area contributed by atoms with E-state index in [9.17, 15) is 92.3 Å². The van der Waals surface area contributed by atoms with E-state index in [0.29, 0.717) is 24.0 Å². The highest BCUT2D eigenvalue weighted by Crippen LogP contribution is 2.22. The van der Waals surface area contributed by atoms with Gasteiger partial charge in [0.1, 0.15) is 72.5 Å². The number of aliphatic hydroxyl groups excluding tert-OH is 3. The van der Waals surface area contributed by atoms with Gasteiger partial charge in [0.15, 0.2) is 0 Å². The minimum absolute atomic E-state index is 0.0195. The summed E-state index contributed by atoms with van der Waals surface area (Å²) >= 11 is 0. The molecule has 1 aliphatic rings. The average Bonchev–Trinajstić information content (AvgIpc) is 1.76. The minimum Gasteiger partial charge on any atom is -0.480 e. The van der Waals surface area contributed by atoms with E-state index in [1.165, 1.54) is 20.8 Å². The highest BCUT2D eigenvalue weighted by atomic mass is 16.4. The lowest BCUT2D eigenvalue weighted by Gasteiger charge is -2.33. The molecule has 3 rings (SSSR count). The molecule has 97 heavy (non-hydrogen) atoms. The van der Waals surface area contributed by atoms with Crippen LogP contribution in [0, 0.1) is 11.8 Å². The first-order chi connectivity index (χ1) is 45.7. The molecule has 35 heteroatoms. The molecule has 0 saturated carbocycles. The first kappa shape index (κ1) is 81.5. The Hall–Kier alpha value is -9.71. The van der Waals surface area contributed by atoms with Crippen LogP contribution in [-0.2, 0) is 84.8 Å². The van der Waals surface area contributed by atoms with Crippen molar-refractivity contribution in [3.63, 3.8) is 0 Å². The van der Waals surface area contributed by atoms with Gasteiger partial charge in [0.2, 0.25) is 82.7 Å². The second-order valence-electron chi connectivity index (χ2n) is 24.1. The van der Waals surface area contributed by atoms with E-state index in [1.807, 2.05) is 0 Å². The zero-order valence-electron chi connectivity index (χ0n) is 55.0. The van der Waals surface area contributed by atoms with Crippen molar-refractivity contribution in [2.24, 2.45) is 34.8 Å². The van der Waals surface area contributed by atoms with Gasteiger partial charge in [-0.15, -0.1) is 0 Å². The van der Waals surface area contributed by atoms with Gasteiger partial charge in [-0.2, -0.15) is 0 Å². The van der Waals surface area contributed by atoms with E-state index >= 15 is 0 Å². The predicted octanol–water partition coefficient (Wildman–Crippen LogP) is -7.58. The second kappa shape index (κ2) is 40.6. The van der Waals surface area contributed by atoms with E-state index in [2.05, 4.69) is 58.5 Å². The number of nitrogens with zero attached hydrogens (tertiary/aromatic N) is 1. The van der Waals surface area contributed by atoms with E-state index in [0.717, 1.165) is 11.8 Å². The molecule has 0 radical (unpaired) electrons. The fraction of sp³-hybridized carbons (Fsp3) is 0.565. The van der Waals surface area contributed by atoms with Gasteiger partial charge in [0, 0.05) is 19.4 Å². The summed E-state index contributed by atoms with van der Waals surface area (Å²) in [6.07, 6.45) is -2.63. The molecule has 1 heterocycles. The fourth-order valence-corrected chi connectivity index (χ4v) is 9.94. The van der Waals surface area contributed by atoms with Crippen molar-refractivity contribution in [1.29, 1.82) is 0 Å². The molecule has 0 aromatic heterocycles. The van der Waals surface area contributed by atoms with E-state index < -0.39 is 212 Å². The lowest BCUT2D eigenvalue weighted by molar-refractivity contribution is -0.144. The number of carboxylic acids is 1. The maximum absolute atomic E-state index is 14.5. The number of nitrogens with two attached hydrogens (primary N) is 4. The number of carbonyl (C=O) groups is 15. The number of amides is 14. The SMILES string of the molecule is CC(C)[C@H](NC(=O)[C@H](CC(N)=O)NC(=O)[C@@H](NC(=O)[C@@H]1CCCN1C(=O)[C@@H](NC(=O)[C@H](Cc1ccccc1)NC(=O)[C@H](CC(N)=O)NC(=O)[C@@H](N)CO)C(C)C)[C@@H](C)O)C(=O)NCC(=O)N[C@@H](CO)C(=O)N[C@@H](CCCCN)C(=O)N[C@@H](C)C(=O)N[C@@H](Cc1ccccc1)C(=O)O. The first-order valence-corrected chi connectivity index (χ1v) is 31.6. The van der Waals surface area contributed by atoms with E-state index in [4.69, 9.17) is 22.9 Å². The summed E-state index contributed by atoms with van der Waals surface area (Å²) in [6, 6.07) is -1.47. The number of unbranched alkanes of at least 4 members (excludes halogenated alkanes) is 1. The molecule has 13 atom stereocenters. The van der Waals surface area contributed by atoms with Gasteiger partial charge in [-0.25, -0.2) is 4.79 Å². The molecule has 0 bridgehead atoms. The predicted molar refractivity (Wildman–Crippen MR) is 345 cm³/mol. The molecule has 2 aromatic carbocycles. The van der Waals surface area contributed by atoms with Gasteiger partial charge in [0.05, 0.1) is 38.7 Å². The molecule has 2 aromatic rings. The zero-order valence-corrected chi connectivity index (χ0v) is 55.0. The standard InChI is InChI=1S/C62H94N16O19/c1-31(2)48(59(93)67-28-47(84)69-43(30-80)57(91)70-38(20-13-14-22-63)53(87)68-33(5)51(85)74-42(62(96)97)25-36-18-11-8-12-19-36)75-56(90)41(27-46(66)83)73-60(94)50(34(6)81)77-58(92)44-21-15-23-78(44)61(95)49(32(3)4)76-55(89)39(24-35-16-9-7-10-17-35)72-54(88)40(26-45(65)82)71-52(86)37(64)29-79/h7-12,16-19,31-34,37-44,48-50,79-81H,13-15,20-30,63-64H2,1-6H3,(H2,65,82)(H2,66,83)(H,67,93)(H,68,87)(H,69,84)(H,70,91)(H,71,86)(H,72,88)(H,73,94)(H,74,85)(H,75,90)(H,76,89)(H,77,92)(H,96,97)/t33-,34+,37-,38-,39-,40-,41-,42-,43-,44-,48-,49-,50-/m0/s1. The van der Waals surface area contributed by atoms with Gasteiger partial charge in [0.25, 0.3) is 0 Å². The quantitative estimate of drug-likeness (QED) is 0.0275. The van der Waals surface area contributed by atoms with Crippen LogP contribution >= 0.6 is 0 Å². The molecule has 1 aliphatic heterocycles. The highest BCUT2D eigenvalue weighted by Gasteiger charge is 2.42. The Morgan fingerprint density at radius 2 is 0.990 bits per heavy atom. The van der Waals surface area contributed by atoms with Crippen molar-refractivity contribution in [1.82, 2.24) is 63.4 Å². The smallest absolute Gasteiger partial charge is 0.326 e. The van der Waals surface area contributed by atoms with Gasteiger partial charge in [-0.05, 0) is 75.5 Å². The molecule has 1 fully saturated rings. The third kappa shape index (κ3) is 27.1. The van der Waals surface area contributed by atoms with Crippen LogP contribution in [-0.4, -0.2) is 225 Å². The van der Waals surface area contributed by atoms with Crippen LogP contribution in [0.2, 0.25) is 0 Å². The number of carboxylic acid groups (broad SMARTS) is 1. The van der Waals surface area contributed by atoms with Crippen LogP contribution in [0.1, 0.15) is 97.6 Å². The molecular weight excluding hydrogens is 1270 g/mol. The topological polar surface area (TPSA) is 577 Å². The lowest BCUT2D eigenvalue weighted by Crippen LogP contribution is -2.62. The van der Waals surface area contributed by atoms with Crippen molar-refractivity contribution in [2.45, 2.75) is 178 Å². The number of aliphatic carboxylic acids is 1. The third-order valence-corrected chi connectivity index (χ3v) is 15.4. The number of aliphatic hydroxyl groups is 3. The first-order valence-electron chi connectivity index (χ1n) is 31.6. The monoisotopic (exact) mass is 1370 g/mol. The zero-order chi connectivity index (χ0) is 72.8. The number of hydrogen-bond acceptors (Lipinski definition) is 20. The Morgan fingerprint density at radius 1 is 0.515 bits per heavy atom. The number of nitrogens with one attached hydrogen (secondary N) is 11. The number of rotatable bonds is 41. The Bertz CT molecular complexity index is 3070. The number of carbonyl (C=O) groups excluding carboxylic acids is 14. The van der Waals surface area contributed by atoms with Crippen LogP contribution in [0.25, 0.3) is 0 Å². The molecule has 1 saturated heterocycles. The molecule has 0 aliphatic carbocycles. The Kier molecular flexibility index (Phi) is 34.2. The number of hydrogen-bond donors (Lipinski definition) is 19. The van der Waals surface area contributed by atoms with E-state index in [1.54, 1.807) is 74.5 Å². The fourth-order valence-electron chi connectivity index (χ4n) is 9.94. The number of likely N-dealkylation sites (tertiary alicyclic amines) is 1. The van der Waals surface area contributed by atoms with Gasteiger partial charge < -0.3 is 107 Å². The van der Waals surface area contributed by atoms with Crippen molar-refractivity contribution in [2.75, 3.05) is 32.8 Å². The summed E-state index contributed by atoms with van der Waals surface area (Å²) in [7, 11) is 0. The van der Waals surface area contributed by atoms with Crippen LogP contribution < -0.4 is 81.4 Å². The second-order valence-corrected chi connectivity index (χ2v) is 24.1. The summed E-state index contributed by atoms with van der Waals surface area (Å²) < 4.78 is 0. The maximum Gasteiger partial charge on any atom is 0.326 e. The molecule has 35 nitrogen and oxygen atoms in total. The normalized spacial score (nSPS) is 16.4. The van der Waals surface area contributed by atoms with Gasteiger partial charge in [-0.1, -0.05) is 88.4 Å². The maximum atomic E-state index is 14.5. The summed E-state index contributed by atoms with van der Waals surface area (Å²) in [5, 5.41) is 66.3. The van der Waals surface area contributed by atoms with Gasteiger partial charge >= 0.3 is 5.97 Å². The lowest BCUT2D eigenvalue weighted by atomic mass is 9.99. The van der Waals surface area contributed by atoms with Gasteiger partial charge in [-0.3, -0.25) is 67.1 Å². The van der Waals surface area contributed by atoms with Crippen molar-refractivity contribution in [3.05, 3.63) is 71.8 Å². The summed E-state index contributed by atoms with van der Waals surface area (Å²) in [4.78, 5) is 201. The molecule has 536 valence electrons. The Morgan fingerprint density at radius 3 is 1.49 bits per heavy atom. The van der Waals surface area contributed by atoms with Crippen LogP contribution in [0.15, 0.2) is 60.7 Å². The van der Waals surface area contributed by atoms with Crippen LogP contribution in [0.3, 0.4) is 0 Å². The van der Waals surface area contributed by atoms with E-state index in [-0.39, 0.29) is 45.2 Å². The summed E-state index contributed by atoms with van der Waals surface area (Å²) in [5.41, 5.74) is 23.2. The average molecular weight is 1370 g/mol. The molecule has 0 unspecified atom stereocenters. The largest absolute Gasteiger partial charge is 0.480 e. The summed E-state index contributed by atoms with van der Waals surface area (Å²) in [5.74, 6) is -16.8.